The van der Waals surface area contributed by atoms with E-state index in [2.05, 4.69) is 12.1 Å². The summed E-state index contributed by atoms with van der Waals surface area (Å²) in [4.78, 5) is 14.6. The molecular weight excluding hydrogens is 583 g/mol. The second kappa shape index (κ2) is 12.1. The van der Waals surface area contributed by atoms with E-state index in [9.17, 15) is 20.4 Å². The van der Waals surface area contributed by atoms with Crippen LogP contribution in [0.2, 0.25) is 10.0 Å². The number of carbonyl (C=O) groups excluding carboxylic acids is 1. The lowest BCUT2D eigenvalue weighted by molar-refractivity contribution is -0.0783. The molecule has 0 saturated heterocycles. The van der Waals surface area contributed by atoms with Gasteiger partial charge in [-0.15, -0.1) is 0 Å². The predicted octanol–water partition coefficient (Wildman–Crippen LogP) is 7.70. The van der Waals surface area contributed by atoms with Crippen molar-refractivity contribution >= 4 is 29.0 Å². The van der Waals surface area contributed by atoms with E-state index in [4.69, 9.17) is 32.7 Å². The molecule has 5 rings (SSSR count). The molecule has 4 aromatic rings. The van der Waals surface area contributed by atoms with E-state index in [1.165, 1.54) is 7.11 Å². The summed E-state index contributed by atoms with van der Waals surface area (Å²) < 4.78 is 10.7. The number of ketones is 1. The molecule has 0 bridgehead atoms. The normalized spacial score (nSPS) is 22.5. The fourth-order valence-electron chi connectivity index (χ4n) is 6.36. The van der Waals surface area contributed by atoms with Gasteiger partial charge in [-0.25, -0.2) is 0 Å². The Bertz CT molecular complexity index is 1680. The van der Waals surface area contributed by atoms with Crippen molar-refractivity contribution in [3.63, 3.8) is 0 Å². The molecule has 0 aromatic heterocycles. The zero-order valence-electron chi connectivity index (χ0n) is 23.5. The molecule has 0 spiro atoms. The van der Waals surface area contributed by atoms with E-state index in [-0.39, 0.29) is 6.42 Å². The number of Topliss-reactive ketones (excluding diaryl/α,β-unsaturated/α-hetero) is 1. The van der Waals surface area contributed by atoms with Crippen molar-refractivity contribution in [1.29, 1.82) is 10.5 Å². The molecule has 1 saturated carbocycles. The van der Waals surface area contributed by atoms with Gasteiger partial charge in [-0.2, -0.15) is 10.5 Å². The van der Waals surface area contributed by atoms with Crippen molar-refractivity contribution in [3.05, 3.63) is 129 Å². The van der Waals surface area contributed by atoms with Crippen molar-refractivity contribution in [2.45, 2.75) is 23.9 Å². The monoisotopic (exact) mass is 610 g/mol. The second-order valence-electron chi connectivity index (χ2n) is 10.7. The van der Waals surface area contributed by atoms with Crippen LogP contribution in [0.3, 0.4) is 0 Å². The summed E-state index contributed by atoms with van der Waals surface area (Å²) in [5.41, 5.74) is -1.62. The van der Waals surface area contributed by atoms with Crippen LogP contribution >= 0.6 is 23.2 Å². The van der Waals surface area contributed by atoms with Gasteiger partial charge in [0.05, 0.1) is 32.3 Å². The van der Waals surface area contributed by atoms with Gasteiger partial charge in [0.1, 0.15) is 17.1 Å². The van der Waals surface area contributed by atoms with Gasteiger partial charge in [-0.05, 0) is 83.8 Å². The van der Waals surface area contributed by atoms with E-state index in [0.29, 0.717) is 43.8 Å². The molecule has 0 heterocycles. The number of benzene rings is 4. The SMILES string of the molecule is COc1ccc(C2CC(O)(c3ccc(Cl)cc3)C(C(=O)c3ccc(Cl)cc3)C(c3ccc(OC)cc3)C2(C#N)C#N)cc1. The van der Waals surface area contributed by atoms with Gasteiger partial charge in [0.2, 0.25) is 0 Å². The highest BCUT2D eigenvalue weighted by Gasteiger charge is 2.64. The Balaban J connectivity index is 1.83. The quantitative estimate of drug-likeness (QED) is 0.215. The highest BCUT2D eigenvalue weighted by molar-refractivity contribution is 6.31. The molecule has 6 nitrogen and oxygen atoms in total. The number of hydrogen-bond donors (Lipinski definition) is 1. The number of carbonyl (C=O) groups is 1. The maximum Gasteiger partial charge on any atom is 0.169 e. The highest BCUT2D eigenvalue weighted by Crippen LogP contribution is 2.63. The number of rotatable bonds is 7. The van der Waals surface area contributed by atoms with Crippen LogP contribution in [0, 0.1) is 34.0 Å². The molecule has 0 radical (unpaired) electrons. The summed E-state index contributed by atoms with van der Waals surface area (Å²) in [5.74, 6) is -2.34. The molecule has 1 fully saturated rings. The number of aliphatic hydroxyl groups is 1. The van der Waals surface area contributed by atoms with Crippen LogP contribution < -0.4 is 9.47 Å². The van der Waals surface area contributed by atoms with Crippen LogP contribution in [0.25, 0.3) is 0 Å². The maximum absolute atomic E-state index is 14.6. The van der Waals surface area contributed by atoms with E-state index >= 15 is 0 Å². The Morgan fingerprint density at radius 2 is 1.23 bits per heavy atom. The fraction of sp³-hybridized carbons (Fsp3) is 0.229. The van der Waals surface area contributed by atoms with E-state index in [1.807, 2.05) is 0 Å². The molecule has 4 unspecified atom stereocenters. The van der Waals surface area contributed by atoms with Gasteiger partial charge < -0.3 is 14.6 Å². The Labute approximate surface area is 260 Å². The first-order valence-corrected chi connectivity index (χ1v) is 14.3. The minimum atomic E-state index is -1.81. The molecule has 1 aliphatic carbocycles. The molecule has 216 valence electrons. The number of nitrogens with zero attached hydrogens (tertiary/aromatic N) is 2. The van der Waals surface area contributed by atoms with Crippen LogP contribution in [-0.4, -0.2) is 25.1 Å². The van der Waals surface area contributed by atoms with E-state index in [1.54, 1.807) is 104 Å². The number of halogens is 2. The summed E-state index contributed by atoms with van der Waals surface area (Å²) >= 11 is 12.4. The molecule has 1 N–H and O–H groups in total. The first-order valence-electron chi connectivity index (χ1n) is 13.6. The Kier molecular flexibility index (Phi) is 8.49. The third-order valence-electron chi connectivity index (χ3n) is 8.52. The van der Waals surface area contributed by atoms with Crippen molar-refractivity contribution in [2.75, 3.05) is 14.2 Å². The molecule has 0 aliphatic heterocycles. The molecule has 1 aliphatic rings. The topological polar surface area (TPSA) is 103 Å². The lowest BCUT2D eigenvalue weighted by atomic mass is 9.48. The first kappa shape index (κ1) is 30.1. The lowest BCUT2D eigenvalue weighted by Gasteiger charge is -2.53. The summed E-state index contributed by atoms with van der Waals surface area (Å²) in [6.07, 6.45) is -0.0846. The minimum Gasteiger partial charge on any atom is -0.497 e. The average Bonchev–Trinajstić information content (AvgIpc) is 3.04. The Hall–Kier alpha value is -4.33. The van der Waals surface area contributed by atoms with E-state index in [0.717, 1.165) is 0 Å². The van der Waals surface area contributed by atoms with Gasteiger partial charge in [0.25, 0.3) is 0 Å². The second-order valence-corrected chi connectivity index (χ2v) is 11.5. The largest absolute Gasteiger partial charge is 0.497 e. The van der Waals surface area contributed by atoms with Crippen molar-refractivity contribution < 1.29 is 19.4 Å². The lowest BCUT2D eigenvalue weighted by Crippen LogP contribution is -2.55. The third-order valence-corrected chi connectivity index (χ3v) is 9.03. The summed E-state index contributed by atoms with van der Waals surface area (Å²) in [6, 6.07) is 31.8. The third kappa shape index (κ3) is 5.35. The molecule has 0 amide bonds. The van der Waals surface area contributed by atoms with Gasteiger partial charge in [-0.1, -0.05) is 59.6 Å². The van der Waals surface area contributed by atoms with Gasteiger partial charge in [0, 0.05) is 27.4 Å². The van der Waals surface area contributed by atoms with Crippen LogP contribution in [-0.2, 0) is 5.60 Å². The zero-order valence-corrected chi connectivity index (χ0v) is 25.0. The molecule has 4 atom stereocenters. The van der Waals surface area contributed by atoms with E-state index < -0.39 is 34.6 Å². The molecule has 4 aromatic carbocycles. The summed E-state index contributed by atoms with van der Waals surface area (Å²) in [7, 11) is 3.09. The Morgan fingerprint density at radius 1 is 0.767 bits per heavy atom. The first-order chi connectivity index (χ1) is 20.7. The molecular formula is C35H28Cl2N2O4. The summed E-state index contributed by atoms with van der Waals surface area (Å²) in [5, 5.41) is 35.7. The number of nitriles is 2. The van der Waals surface area contributed by atoms with Crippen molar-refractivity contribution in [2.24, 2.45) is 11.3 Å². The van der Waals surface area contributed by atoms with Gasteiger partial charge in [-0.3, -0.25) is 4.79 Å². The fourth-order valence-corrected chi connectivity index (χ4v) is 6.61. The van der Waals surface area contributed by atoms with Crippen molar-refractivity contribution in [3.8, 4) is 23.6 Å². The smallest absolute Gasteiger partial charge is 0.169 e. The zero-order chi connectivity index (χ0) is 30.8. The Morgan fingerprint density at radius 3 is 1.70 bits per heavy atom. The number of ether oxygens (including phenoxy) is 2. The number of methoxy groups -OCH3 is 2. The van der Waals surface area contributed by atoms with Crippen molar-refractivity contribution in [1.82, 2.24) is 0 Å². The highest BCUT2D eigenvalue weighted by atomic mass is 35.5. The van der Waals surface area contributed by atoms with Crippen LogP contribution in [0.15, 0.2) is 97.1 Å². The van der Waals surface area contributed by atoms with Crippen LogP contribution in [0.4, 0.5) is 0 Å². The van der Waals surface area contributed by atoms with Crippen LogP contribution in [0.1, 0.15) is 45.3 Å². The molecule has 43 heavy (non-hydrogen) atoms. The van der Waals surface area contributed by atoms with Crippen LogP contribution in [0.5, 0.6) is 11.5 Å². The van der Waals surface area contributed by atoms with Gasteiger partial charge in [0.15, 0.2) is 11.2 Å². The average molecular weight is 612 g/mol. The van der Waals surface area contributed by atoms with Gasteiger partial charge >= 0.3 is 0 Å². The summed E-state index contributed by atoms with van der Waals surface area (Å²) in [6.45, 7) is 0. The minimum absolute atomic E-state index is 0.0846. The standard InChI is InChI=1S/C35H28Cl2N2O4/c1-42-28-15-5-22(6-16-28)30-19-35(41,25-9-13-27(37)14-10-25)32(33(40)24-3-11-26(36)12-4-24)31(34(30,20-38)21-39)23-7-17-29(43-2)18-8-23/h3-18,30-32,41H,19H2,1-2H3. The maximum atomic E-state index is 14.6. The molecule has 8 heteroatoms. The number of hydrogen-bond acceptors (Lipinski definition) is 6. The predicted molar refractivity (Wildman–Crippen MR) is 164 cm³/mol.